The van der Waals surface area contributed by atoms with Crippen molar-refractivity contribution in [3.05, 3.63) is 59.1 Å². The first-order valence-electron chi connectivity index (χ1n) is 20.8. The zero-order valence-corrected chi connectivity index (χ0v) is 37.3. The Bertz CT molecular complexity index is 2600. The zero-order valence-electron chi connectivity index (χ0n) is 35.7. The summed E-state index contributed by atoms with van der Waals surface area (Å²) in [6, 6.07) is 11.1. The lowest BCUT2D eigenvalue weighted by Gasteiger charge is -2.35. The van der Waals surface area contributed by atoms with Crippen LogP contribution in [-0.2, 0) is 24.4 Å². The molecule has 2 aliphatic carbocycles. The molecule has 3 aliphatic rings. The van der Waals surface area contributed by atoms with Gasteiger partial charge in [0.25, 0.3) is 11.9 Å². The van der Waals surface area contributed by atoms with Crippen molar-refractivity contribution in [1.82, 2.24) is 29.9 Å². The normalized spacial score (nSPS) is 22.0. The molecular formula is C44H53N7O8S2. The number of hydrogen-bond acceptors (Lipinski definition) is 13. The average Bonchev–Trinajstić information content (AvgIpc) is 4.02. The molecular weight excluding hydrogens is 819 g/mol. The van der Waals surface area contributed by atoms with Crippen LogP contribution in [0.25, 0.3) is 32.6 Å². The summed E-state index contributed by atoms with van der Waals surface area (Å²) < 4.78 is 46.5. The van der Waals surface area contributed by atoms with Crippen molar-refractivity contribution in [2.45, 2.75) is 115 Å². The predicted molar refractivity (Wildman–Crippen MR) is 233 cm³/mol. The van der Waals surface area contributed by atoms with Gasteiger partial charge < -0.3 is 29.4 Å². The lowest BCUT2D eigenvalue weighted by molar-refractivity contribution is -0.141. The summed E-state index contributed by atoms with van der Waals surface area (Å²) in [6.45, 7) is 13.7. The Balaban J connectivity index is 1.15. The van der Waals surface area contributed by atoms with Crippen molar-refractivity contribution in [2.75, 3.05) is 19.0 Å². The van der Waals surface area contributed by atoms with Gasteiger partial charge in [-0.3, -0.25) is 19.1 Å². The Labute approximate surface area is 359 Å². The molecule has 4 heterocycles. The third-order valence-electron chi connectivity index (χ3n) is 12.1. The lowest BCUT2D eigenvalue weighted by Crippen LogP contribution is -2.58. The van der Waals surface area contributed by atoms with E-state index in [-0.39, 0.29) is 37.2 Å². The highest BCUT2D eigenvalue weighted by Gasteiger charge is 2.62. The van der Waals surface area contributed by atoms with Gasteiger partial charge in [0.2, 0.25) is 27.7 Å². The van der Waals surface area contributed by atoms with Gasteiger partial charge >= 0.3 is 0 Å². The van der Waals surface area contributed by atoms with E-state index in [0.717, 1.165) is 27.0 Å². The number of carbonyl (C=O) groups is 3. The topological polar surface area (TPSA) is 195 Å². The highest BCUT2D eigenvalue weighted by Crippen LogP contribution is 2.47. The van der Waals surface area contributed by atoms with Crippen molar-refractivity contribution in [3.63, 3.8) is 0 Å². The fourth-order valence-electron chi connectivity index (χ4n) is 8.21. The summed E-state index contributed by atoms with van der Waals surface area (Å²) >= 11 is 1.49. The van der Waals surface area contributed by atoms with Crippen molar-refractivity contribution >= 4 is 67.0 Å². The maximum absolute atomic E-state index is 15.0. The van der Waals surface area contributed by atoms with E-state index >= 15 is 4.79 Å². The molecule has 1 saturated heterocycles. The number of aryl methyl sites for hydroxylation is 1. The molecule has 0 radical (unpaired) electrons. The first-order chi connectivity index (χ1) is 28.9. The van der Waals surface area contributed by atoms with Gasteiger partial charge in [-0.25, -0.2) is 18.4 Å². The third kappa shape index (κ3) is 8.25. The van der Waals surface area contributed by atoms with Gasteiger partial charge in [-0.05, 0) is 84.7 Å². The van der Waals surface area contributed by atoms with E-state index in [1.165, 1.54) is 16.2 Å². The number of methoxy groups -OCH3 is 1. The van der Waals surface area contributed by atoms with E-state index in [4.69, 9.17) is 23.9 Å². The van der Waals surface area contributed by atoms with Crippen LogP contribution >= 0.6 is 11.3 Å². The number of para-hydroxylation sites is 2. The van der Waals surface area contributed by atoms with E-state index in [1.54, 1.807) is 13.2 Å². The third-order valence-corrected chi connectivity index (χ3v) is 14.8. The molecule has 1 aliphatic heterocycles. The van der Waals surface area contributed by atoms with E-state index in [2.05, 4.69) is 34.2 Å². The highest BCUT2D eigenvalue weighted by atomic mass is 32.2. The van der Waals surface area contributed by atoms with Crippen LogP contribution in [0.4, 0.5) is 6.01 Å². The number of hydrogen-bond donors (Lipinski definition) is 3. The molecule has 0 bridgehead atoms. The Morgan fingerprint density at radius 3 is 2.46 bits per heavy atom. The number of aromatic nitrogens is 3. The van der Waals surface area contributed by atoms with Crippen molar-refractivity contribution in [3.8, 4) is 22.3 Å². The second-order valence-corrected chi connectivity index (χ2v) is 20.7. The smallest absolute Gasteiger partial charge is 0.296 e. The number of rotatable bonds is 14. The van der Waals surface area contributed by atoms with Crippen LogP contribution in [0.2, 0.25) is 0 Å². The first kappa shape index (κ1) is 42.4. The average molecular weight is 872 g/mol. The molecule has 2 saturated carbocycles. The number of sulfonamides is 1. The van der Waals surface area contributed by atoms with Crippen molar-refractivity contribution < 1.29 is 36.7 Å². The number of fused-ring (bicyclic) bond motifs is 2. The van der Waals surface area contributed by atoms with Gasteiger partial charge in [0.15, 0.2) is 5.58 Å². The zero-order chi connectivity index (χ0) is 43.6. The summed E-state index contributed by atoms with van der Waals surface area (Å²) in [7, 11) is -2.26. The number of ether oxygens (including phenoxy) is 2. The number of nitrogens with one attached hydrogen (secondary N) is 3. The van der Waals surface area contributed by atoms with Crippen LogP contribution in [-0.4, -0.2) is 88.6 Å². The highest BCUT2D eigenvalue weighted by molar-refractivity contribution is 7.91. The minimum Gasteiger partial charge on any atom is -0.496 e. The number of likely N-dealkylation sites (tertiary alicyclic amines) is 1. The van der Waals surface area contributed by atoms with Crippen LogP contribution in [0, 0.1) is 18.3 Å². The summed E-state index contributed by atoms with van der Waals surface area (Å²) in [4.78, 5) is 59.4. The van der Waals surface area contributed by atoms with Crippen molar-refractivity contribution in [1.29, 1.82) is 0 Å². The Kier molecular flexibility index (Phi) is 11.0. The Hall–Kier alpha value is -5.29. The molecule has 3 amide bonds. The van der Waals surface area contributed by atoms with Gasteiger partial charge in [-0.2, -0.15) is 4.98 Å². The van der Waals surface area contributed by atoms with Crippen LogP contribution in [0.1, 0.15) is 90.8 Å². The lowest BCUT2D eigenvalue weighted by atomic mass is 9.85. The van der Waals surface area contributed by atoms with Crippen molar-refractivity contribution in [2.24, 2.45) is 11.3 Å². The summed E-state index contributed by atoms with van der Waals surface area (Å²) in [6.07, 6.45) is 1.11. The van der Waals surface area contributed by atoms with Gasteiger partial charge in [0.1, 0.15) is 45.7 Å². The number of thiazole rings is 1. The molecule has 8 rings (SSSR count). The minimum atomic E-state index is -3.88. The molecule has 3 fully saturated rings. The number of benzene rings is 2. The van der Waals surface area contributed by atoms with Gasteiger partial charge in [0, 0.05) is 17.2 Å². The molecule has 3 aromatic heterocycles. The Morgan fingerprint density at radius 1 is 1.07 bits per heavy atom. The number of pyridine rings is 1. The summed E-state index contributed by atoms with van der Waals surface area (Å²) in [5, 5.41) is 9.86. The summed E-state index contributed by atoms with van der Waals surface area (Å²) in [5.74, 6) is -0.806. The molecule has 0 spiro atoms. The molecule has 3 N–H and O–H groups in total. The van der Waals surface area contributed by atoms with Crippen LogP contribution in [0.5, 0.6) is 11.6 Å². The predicted octanol–water partition coefficient (Wildman–Crippen LogP) is 6.71. The standard InChI is InChI=1S/C44H53N7O8S2/c1-9-25-20-44(25,41(54)50-61(55,56)27-14-15-27)49-37(52)33-18-26(21-51(33)40(53)36(43(5,6)7)48-42-47-30-12-10-11-13-35(30)59-42)58-38-28-16-17-34(57-8)24(4)29(28)19-31(45-38)39-46-32(22-60-39)23(2)3/h10-13,16-17,19,22-23,25-27,33,36H,9,14-15,18,20-21H2,1-8H3,(H,47,48)(H,49,52)(H,50,54). The van der Waals surface area contributed by atoms with Crippen LogP contribution in [0.3, 0.4) is 0 Å². The summed E-state index contributed by atoms with van der Waals surface area (Å²) in [5.41, 5.74) is 1.47. The molecule has 5 aromatic rings. The molecule has 61 heavy (non-hydrogen) atoms. The number of oxazole rings is 1. The second kappa shape index (κ2) is 15.9. The maximum Gasteiger partial charge on any atom is 0.296 e. The first-order valence-corrected chi connectivity index (χ1v) is 23.3. The number of anilines is 1. The largest absolute Gasteiger partial charge is 0.496 e. The van der Waals surface area contributed by atoms with Crippen LogP contribution in [0.15, 0.2) is 52.3 Å². The minimum absolute atomic E-state index is 0.00247. The molecule has 324 valence electrons. The van der Waals surface area contributed by atoms with E-state index in [0.29, 0.717) is 47.7 Å². The second-order valence-electron chi connectivity index (χ2n) is 17.9. The quantitative estimate of drug-likeness (QED) is 0.107. The van der Waals surface area contributed by atoms with E-state index in [1.807, 2.05) is 76.4 Å². The monoisotopic (exact) mass is 871 g/mol. The number of amides is 3. The molecule has 15 nitrogen and oxygen atoms in total. The van der Waals surface area contributed by atoms with Gasteiger partial charge in [-0.15, -0.1) is 11.3 Å². The SMILES string of the molecule is CCC1CC1(NC(=O)C1CC(Oc2nc(-c3nc(C(C)C)cs3)cc3c(C)c(OC)ccc23)CN1C(=O)C(Nc1nc2ccccc2o1)C(C)(C)C)C(=O)NS(=O)(=O)C1CC1. The van der Waals surface area contributed by atoms with E-state index < -0.39 is 62.1 Å². The number of carbonyl (C=O) groups excluding carboxylic acids is 3. The van der Waals surface area contributed by atoms with Gasteiger partial charge in [0.05, 0.1) is 24.6 Å². The Morgan fingerprint density at radius 2 is 1.82 bits per heavy atom. The fourth-order valence-corrected chi connectivity index (χ4v) is 10.5. The maximum atomic E-state index is 15.0. The van der Waals surface area contributed by atoms with Gasteiger partial charge in [-0.1, -0.05) is 60.1 Å². The van der Waals surface area contributed by atoms with Crippen LogP contribution < -0.4 is 24.8 Å². The molecule has 17 heteroatoms. The number of nitrogens with zero attached hydrogens (tertiary/aromatic N) is 4. The molecule has 5 unspecified atom stereocenters. The fraction of sp³-hybridized carbons (Fsp3) is 0.500. The van der Waals surface area contributed by atoms with E-state index in [9.17, 15) is 18.0 Å². The molecule has 5 atom stereocenters. The molecule has 2 aromatic carbocycles.